The van der Waals surface area contributed by atoms with Gasteiger partial charge < -0.3 is 19.7 Å². The molecule has 0 fully saturated rings. The molecule has 0 aliphatic heterocycles. The molecule has 0 heterocycles. The fourth-order valence-electron chi connectivity index (χ4n) is 2.64. The number of amides is 2. The Balaban J connectivity index is 2.31. The van der Waals surface area contributed by atoms with E-state index in [0.29, 0.717) is 24.4 Å². The molecule has 0 spiro atoms. The standard InChI is InChI=1S/C22H26N2O4/c1-5-24(6-2)22(26)20(15-16-7-11-18(27-3)12-8-16)23-21(25)17-9-13-19(28-4)14-10-17/h7-15H,5-6H2,1-4H3,(H,23,25)/b20-15-. The van der Waals surface area contributed by atoms with Crippen LogP contribution in [0.3, 0.4) is 0 Å². The fraction of sp³-hybridized carbons (Fsp3) is 0.273. The second kappa shape index (κ2) is 10.2. The molecule has 2 aromatic carbocycles. The molecule has 0 aliphatic carbocycles. The van der Waals surface area contributed by atoms with Crippen molar-refractivity contribution in [3.63, 3.8) is 0 Å². The monoisotopic (exact) mass is 382 g/mol. The summed E-state index contributed by atoms with van der Waals surface area (Å²) in [5.41, 5.74) is 1.44. The molecule has 0 saturated heterocycles. The number of nitrogens with one attached hydrogen (secondary N) is 1. The number of rotatable bonds is 8. The van der Waals surface area contributed by atoms with Crippen molar-refractivity contribution in [2.45, 2.75) is 13.8 Å². The molecule has 6 nitrogen and oxygen atoms in total. The normalized spacial score (nSPS) is 10.9. The van der Waals surface area contributed by atoms with Gasteiger partial charge >= 0.3 is 0 Å². The third kappa shape index (κ3) is 5.36. The highest BCUT2D eigenvalue weighted by atomic mass is 16.5. The van der Waals surface area contributed by atoms with Crippen molar-refractivity contribution in [2.75, 3.05) is 27.3 Å². The number of benzene rings is 2. The largest absolute Gasteiger partial charge is 0.497 e. The maximum absolute atomic E-state index is 12.9. The van der Waals surface area contributed by atoms with E-state index in [9.17, 15) is 9.59 Å². The van der Waals surface area contributed by atoms with E-state index in [1.165, 1.54) is 0 Å². The highest BCUT2D eigenvalue weighted by Crippen LogP contribution is 2.16. The molecule has 0 saturated carbocycles. The SMILES string of the molecule is CCN(CC)C(=O)/C(=C/c1ccc(OC)cc1)NC(=O)c1ccc(OC)cc1. The zero-order chi connectivity index (χ0) is 20.5. The molecule has 0 aliphatic rings. The lowest BCUT2D eigenvalue weighted by atomic mass is 10.1. The molecular formula is C22H26N2O4. The predicted octanol–water partition coefficient (Wildman–Crippen LogP) is 3.34. The summed E-state index contributed by atoms with van der Waals surface area (Å²) in [5, 5.41) is 2.76. The molecule has 6 heteroatoms. The lowest BCUT2D eigenvalue weighted by Gasteiger charge is -2.21. The average molecular weight is 382 g/mol. The van der Waals surface area contributed by atoms with Crippen LogP contribution in [0.25, 0.3) is 6.08 Å². The van der Waals surface area contributed by atoms with E-state index in [-0.39, 0.29) is 17.5 Å². The molecule has 2 rings (SSSR count). The van der Waals surface area contributed by atoms with Crippen LogP contribution < -0.4 is 14.8 Å². The van der Waals surface area contributed by atoms with Crippen molar-refractivity contribution in [1.82, 2.24) is 10.2 Å². The van der Waals surface area contributed by atoms with Crippen LogP contribution in [-0.2, 0) is 4.79 Å². The lowest BCUT2D eigenvalue weighted by molar-refractivity contribution is -0.127. The van der Waals surface area contributed by atoms with E-state index < -0.39 is 0 Å². The van der Waals surface area contributed by atoms with Gasteiger partial charge in [-0.25, -0.2) is 0 Å². The number of nitrogens with zero attached hydrogens (tertiary/aromatic N) is 1. The maximum Gasteiger partial charge on any atom is 0.270 e. The van der Waals surface area contributed by atoms with E-state index in [0.717, 1.165) is 11.3 Å². The average Bonchev–Trinajstić information content (AvgIpc) is 2.74. The quantitative estimate of drug-likeness (QED) is 0.711. The summed E-state index contributed by atoms with van der Waals surface area (Å²) in [7, 11) is 3.16. The highest BCUT2D eigenvalue weighted by molar-refractivity contribution is 6.05. The number of likely N-dealkylation sites (N-methyl/N-ethyl adjacent to an activating group) is 1. The molecule has 0 bridgehead atoms. The van der Waals surface area contributed by atoms with E-state index in [1.54, 1.807) is 61.6 Å². The Labute approximate surface area is 165 Å². The van der Waals surface area contributed by atoms with Gasteiger partial charge in [0.1, 0.15) is 17.2 Å². The van der Waals surface area contributed by atoms with Crippen LogP contribution in [0.5, 0.6) is 11.5 Å². The Morgan fingerprint density at radius 2 is 1.39 bits per heavy atom. The van der Waals surface area contributed by atoms with Crippen molar-refractivity contribution >= 4 is 17.9 Å². The number of methoxy groups -OCH3 is 2. The number of hydrogen-bond acceptors (Lipinski definition) is 4. The van der Waals surface area contributed by atoms with E-state index >= 15 is 0 Å². The zero-order valence-electron chi connectivity index (χ0n) is 16.7. The third-order valence-electron chi connectivity index (χ3n) is 4.31. The van der Waals surface area contributed by atoms with Gasteiger partial charge in [-0.05, 0) is 61.9 Å². The topological polar surface area (TPSA) is 67.9 Å². The first kappa shape index (κ1) is 21.0. The van der Waals surface area contributed by atoms with Gasteiger partial charge in [0, 0.05) is 18.7 Å². The molecule has 0 aromatic heterocycles. The van der Waals surface area contributed by atoms with E-state index in [1.807, 2.05) is 26.0 Å². The van der Waals surface area contributed by atoms with Gasteiger partial charge in [0.15, 0.2) is 0 Å². The van der Waals surface area contributed by atoms with Gasteiger partial charge in [-0.15, -0.1) is 0 Å². The Morgan fingerprint density at radius 3 is 1.86 bits per heavy atom. The number of carbonyl (C=O) groups is 2. The number of carbonyl (C=O) groups excluding carboxylic acids is 2. The predicted molar refractivity (Wildman–Crippen MR) is 109 cm³/mol. The molecule has 28 heavy (non-hydrogen) atoms. The van der Waals surface area contributed by atoms with E-state index in [2.05, 4.69) is 5.32 Å². The molecule has 1 N–H and O–H groups in total. The maximum atomic E-state index is 12.9. The number of hydrogen-bond donors (Lipinski definition) is 1. The zero-order valence-corrected chi connectivity index (χ0v) is 16.7. The van der Waals surface area contributed by atoms with Gasteiger partial charge in [-0.1, -0.05) is 12.1 Å². The Hall–Kier alpha value is -3.28. The second-order valence-corrected chi connectivity index (χ2v) is 5.99. The first-order valence-electron chi connectivity index (χ1n) is 9.12. The second-order valence-electron chi connectivity index (χ2n) is 5.99. The minimum Gasteiger partial charge on any atom is -0.497 e. The van der Waals surface area contributed by atoms with Crippen LogP contribution in [0.4, 0.5) is 0 Å². The van der Waals surface area contributed by atoms with Crippen molar-refractivity contribution in [3.8, 4) is 11.5 Å². The number of ether oxygens (including phenoxy) is 2. The summed E-state index contributed by atoms with van der Waals surface area (Å²) < 4.78 is 10.3. The van der Waals surface area contributed by atoms with Crippen LogP contribution in [0.1, 0.15) is 29.8 Å². The molecule has 2 amide bonds. The molecular weight excluding hydrogens is 356 g/mol. The van der Waals surface area contributed by atoms with Gasteiger partial charge in [-0.2, -0.15) is 0 Å². The molecule has 0 unspecified atom stereocenters. The molecule has 0 atom stereocenters. The van der Waals surface area contributed by atoms with Crippen LogP contribution in [-0.4, -0.2) is 44.0 Å². The van der Waals surface area contributed by atoms with Crippen molar-refractivity contribution in [3.05, 3.63) is 65.4 Å². The fourth-order valence-corrected chi connectivity index (χ4v) is 2.64. The Morgan fingerprint density at radius 1 is 0.893 bits per heavy atom. The molecule has 148 valence electrons. The summed E-state index contributed by atoms with van der Waals surface area (Å²) >= 11 is 0. The Kier molecular flexibility index (Phi) is 7.63. The minimum atomic E-state index is -0.358. The summed E-state index contributed by atoms with van der Waals surface area (Å²) in [6.45, 7) is 4.90. The summed E-state index contributed by atoms with van der Waals surface area (Å²) in [5.74, 6) is 0.784. The first-order valence-corrected chi connectivity index (χ1v) is 9.12. The summed E-state index contributed by atoms with van der Waals surface area (Å²) in [4.78, 5) is 27.2. The first-order chi connectivity index (χ1) is 13.5. The van der Waals surface area contributed by atoms with Crippen molar-refractivity contribution < 1.29 is 19.1 Å². The summed E-state index contributed by atoms with van der Waals surface area (Å²) in [6, 6.07) is 14.0. The van der Waals surface area contributed by atoms with Crippen LogP contribution in [0.2, 0.25) is 0 Å². The molecule has 2 aromatic rings. The molecule has 0 radical (unpaired) electrons. The Bertz CT molecular complexity index is 823. The van der Waals surface area contributed by atoms with Crippen molar-refractivity contribution in [2.24, 2.45) is 0 Å². The third-order valence-corrected chi connectivity index (χ3v) is 4.31. The lowest BCUT2D eigenvalue weighted by Crippen LogP contribution is -2.38. The van der Waals surface area contributed by atoms with Crippen LogP contribution >= 0.6 is 0 Å². The van der Waals surface area contributed by atoms with Crippen molar-refractivity contribution in [1.29, 1.82) is 0 Å². The van der Waals surface area contributed by atoms with Gasteiger partial charge in [-0.3, -0.25) is 9.59 Å². The van der Waals surface area contributed by atoms with Gasteiger partial charge in [0.25, 0.3) is 11.8 Å². The van der Waals surface area contributed by atoms with Crippen LogP contribution in [0.15, 0.2) is 54.2 Å². The van der Waals surface area contributed by atoms with Gasteiger partial charge in [0.2, 0.25) is 0 Å². The van der Waals surface area contributed by atoms with Crippen LogP contribution in [0, 0.1) is 0 Å². The van der Waals surface area contributed by atoms with E-state index in [4.69, 9.17) is 9.47 Å². The smallest absolute Gasteiger partial charge is 0.270 e. The van der Waals surface area contributed by atoms with Gasteiger partial charge in [0.05, 0.1) is 14.2 Å². The summed E-state index contributed by atoms with van der Waals surface area (Å²) in [6.07, 6.45) is 1.67. The highest BCUT2D eigenvalue weighted by Gasteiger charge is 2.19. The minimum absolute atomic E-state index is 0.217.